The summed E-state index contributed by atoms with van der Waals surface area (Å²) in [6.07, 6.45) is 0. The number of hydrogen-bond donors (Lipinski definition) is 2. The SMILES string of the molecule is [CH2]Oc1cc(C)cc(C(=O)NO)c1. The Kier molecular flexibility index (Phi) is 2.87. The van der Waals surface area contributed by atoms with Crippen LogP contribution in [0.4, 0.5) is 0 Å². The number of benzene rings is 1. The maximum atomic E-state index is 11.0. The first-order chi connectivity index (χ1) is 6.17. The fraction of sp³-hybridized carbons (Fsp3) is 0.111. The average Bonchev–Trinajstić information content (AvgIpc) is 2.15. The molecule has 69 valence electrons. The highest BCUT2D eigenvalue weighted by Gasteiger charge is 2.05. The van der Waals surface area contributed by atoms with E-state index in [0.29, 0.717) is 11.3 Å². The first kappa shape index (κ1) is 9.54. The summed E-state index contributed by atoms with van der Waals surface area (Å²) >= 11 is 0. The molecule has 1 amide bonds. The predicted octanol–water partition coefficient (Wildman–Crippen LogP) is 1.28. The van der Waals surface area contributed by atoms with E-state index in [2.05, 4.69) is 7.11 Å². The Morgan fingerprint density at radius 2 is 2.23 bits per heavy atom. The molecule has 0 saturated heterocycles. The van der Waals surface area contributed by atoms with Gasteiger partial charge >= 0.3 is 0 Å². The summed E-state index contributed by atoms with van der Waals surface area (Å²) in [4.78, 5) is 11.0. The molecule has 0 unspecified atom stereocenters. The Bertz CT molecular complexity index is 323. The van der Waals surface area contributed by atoms with E-state index in [-0.39, 0.29) is 0 Å². The normalized spacial score (nSPS) is 9.46. The Labute approximate surface area is 76.1 Å². The first-order valence-corrected chi connectivity index (χ1v) is 3.65. The van der Waals surface area contributed by atoms with Crippen LogP contribution in [-0.2, 0) is 0 Å². The maximum absolute atomic E-state index is 11.0. The summed E-state index contributed by atoms with van der Waals surface area (Å²) in [7, 11) is 3.23. The lowest BCUT2D eigenvalue weighted by atomic mass is 10.1. The highest BCUT2D eigenvalue weighted by Crippen LogP contribution is 2.16. The van der Waals surface area contributed by atoms with E-state index in [1.807, 2.05) is 6.92 Å². The first-order valence-electron chi connectivity index (χ1n) is 3.65. The summed E-state index contributed by atoms with van der Waals surface area (Å²) in [5, 5.41) is 8.39. The maximum Gasteiger partial charge on any atom is 0.274 e. The lowest BCUT2D eigenvalue weighted by molar-refractivity contribution is 0.0706. The molecule has 2 N–H and O–H groups in total. The van der Waals surface area contributed by atoms with E-state index in [4.69, 9.17) is 9.94 Å². The van der Waals surface area contributed by atoms with Crippen molar-refractivity contribution >= 4 is 5.91 Å². The topological polar surface area (TPSA) is 58.6 Å². The zero-order valence-corrected chi connectivity index (χ0v) is 7.20. The largest absolute Gasteiger partial charge is 0.490 e. The van der Waals surface area contributed by atoms with Crippen LogP contribution in [0.25, 0.3) is 0 Å². The second-order valence-electron chi connectivity index (χ2n) is 2.62. The molecule has 13 heavy (non-hydrogen) atoms. The number of hydrogen-bond acceptors (Lipinski definition) is 3. The van der Waals surface area contributed by atoms with Crippen LogP contribution in [0.2, 0.25) is 0 Å². The van der Waals surface area contributed by atoms with E-state index in [1.165, 1.54) is 6.07 Å². The molecule has 1 rings (SSSR count). The van der Waals surface area contributed by atoms with Gasteiger partial charge in [0, 0.05) is 5.56 Å². The lowest BCUT2D eigenvalue weighted by Gasteiger charge is -2.04. The number of hydroxylamine groups is 1. The molecule has 1 aromatic carbocycles. The van der Waals surface area contributed by atoms with Gasteiger partial charge in [0.05, 0.1) is 0 Å². The van der Waals surface area contributed by atoms with Gasteiger partial charge in [-0.05, 0) is 30.7 Å². The van der Waals surface area contributed by atoms with E-state index >= 15 is 0 Å². The van der Waals surface area contributed by atoms with Crippen LogP contribution in [0, 0.1) is 14.0 Å². The molecule has 0 fully saturated rings. The van der Waals surface area contributed by atoms with Crippen LogP contribution in [0.15, 0.2) is 18.2 Å². The van der Waals surface area contributed by atoms with Crippen molar-refractivity contribution < 1.29 is 14.7 Å². The van der Waals surface area contributed by atoms with Crippen LogP contribution in [0.1, 0.15) is 15.9 Å². The van der Waals surface area contributed by atoms with E-state index < -0.39 is 5.91 Å². The summed E-state index contributed by atoms with van der Waals surface area (Å²) < 4.78 is 4.72. The van der Waals surface area contributed by atoms with E-state index in [1.54, 1.807) is 17.6 Å². The number of nitrogens with one attached hydrogen (secondary N) is 1. The second kappa shape index (κ2) is 3.91. The van der Waals surface area contributed by atoms with Crippen molar-refractivity contribution in [3.05, 3.63) is 36.4 Å². The molecule has 0 heterocycles. The monoisotopic (exact) mass is 180 g/mol. The average molecular weight is 180 g/mol. The molecular weight excluding hydrogens is 170 g/mol. The molecule has 0 aliphatic rings. The standard InChI is InChI=1S/C9H10NO3/c1-6-3-7(9(11)10-12)5-8(4-6)13-2/h3-5,12H,2H2,1H3,(H,10,11). The van der Waals surface area contributed by atoms with Crippen molar-refractivity contribution in [1.82, 2.24) is 5.48 Å². The van der Waals surface area contributed by atoms with Crippen molar-refractivity contribution in [3.8, 4) is 5.75 Å². The molecule has 1 aromatic rings. The molecule has 0 aromatic heterocycles. The molecule has 4 nitrogen and oxygen atoms in total. The third kappa shape index (κ3) is 2.19. The van der Waals surface area contributed by atoms with Crippen LogP contribution in [-0.4, -0.2) is 11.1 Å². The molecule has 0 aliphatic heterocycles. The van der Waals surface area contributed by atoms with Gasteiger partial charge in [0.15, 0.2) is 0 Å². The van der Waals surface area contributed by atoms with Gasteiger partial charge in [-0.3, -0.25) is 10.0 Å². The summed E-state index contributed by atoms with van der Waals surface area (Å²) in [5.41, 5.74) is 2.74. The summed E-state index contributed by atoms with van der Waals surface area (Å²) in [5.74, 6) is -0.0828. The molecule has 1 radical (unpaired) electrons. The minimum atomic E-state index is -0.568. The molecule has 0 spiro atoms. The van der Waals surface area contributed by atoms with Crippen molar-refractivity contribution in [3.63, 3.8) is 0 Å². The third-order valence-corrected chi connectivity index (χ3v) is 1.58. The van der Waals surface area contributed by atoms with Crippen molar-refractivity contribution in [2.24, 2.45) is 0 Å². The minimum Gasteiger partial charge on any atom is -0.490 e. The van der Waals surface area contributed by atoms with Gasteiger partial charge in [0.1, 0.15) is 12.9 Å². The van der Waals surface area contributed by atoms with E-state index in [0.717, 1.165) is 5.56 Å². The van der Waals surface area contributed by atoms with Crippen molar-refractivity contribution in [2.45, 2.75) is 6.92 Å². The summed E-state index contributed by atoms with van der Waals surface area (Å²) in [6, 6.07) is 4.86. The number of aryl methyl sites for hydroxylation is 1. The lowest BCUT2D eigenvalue weighted by Crippen LogP contribution is -2.18. The van der Waals surface area contributed by atoms with Gasteiger partial charge in [0.25, 0.3) is 5.91 Å². The third-order valence-electron chi connectivity index (χ3n) is 1.58. The van der Waals surface area contributed by atoms with Gasteiger partial charge in [-0.25, -0.2) is 5.48 Å². The van der Waals surface area contributed by atoms with Crippen LogP contribution in [0.3, 0.4) is 0 Å². The predicted molar refractivity (Wildman–Crippen MR) is 46.4 cm³/mol. The smallest absolute Gasteiger partial charge is 0.274 e. The van der Waals surface area contributed by atoms with Crippen LogP contribution in [0.5, 0.6) is 5.75 Å². The van der Waals surface area contributed by atoms with Crippen LogP contribution < -0.4 is 10.2 Å². The number of amides is 1. The zero-order valence-electron chi connectivity index (χ0n) is 7.20. The molecule has 0 aliphatic carbocycles. The Hall–Kier alpha value is -1.55. The van der Waals surface area contributed by atoms with Gasteiger partial charge in [-0.1, -0.05) is 0 Å². The molecule has 0 bridgehead atoms. The molecule has 0 atom stereocenters. The number of carbonyl (C=O) groups excluding carboxylic acids is 1. The molecule has 4 heteroatoms. The van der Waals surface area contributed by atoms with Gasteiger partial charge in [-0.15, -0.1) is 0 Å². The molecular formula is C9H10NO3. The fourth-order valence-electron chi connectivity index (χ4n) is 1.03. The van der Waals surface area contributed by atoms with Crippen molar-refractivity contribution in [1.29, 1.82) is 0 Å². The minimum absolute atomic E-state index is 0.334. The Morgan fingerprint density at radius 1 is 1.54 bits per heavy atom. The number of carbonyl (C=O) groups is 1. The van der Waals surface area contributed by atoms with Crippen molar-refractivity contribution in [2.75, 3.05) is 0 Å². The van der Waals surface area contributed by atoms with Gasteiger partial charge in [-0.2, -0.15) is 0 Å². The van der Waals surface area contributed by atoms with Crippen LogP contribution >= 0.6 is 0 Å². The molecule has 0 saturated carbocycles. The quantitative estimate of drug-likeness (QED) is 0.532. The highest BCUT2D eigenvalue weighted by atomic mass is 16.5. The van der Waals surface area contributed by atoms with E-state index in [9.17, 15) is 4.79 Å². The Balaban J connectivity index is 3.08. The fourth-order valence-corrected chi connectivity index (χ4v) is 1.03. The summed E-state index contributed by atoms with van der Waals surface area (Å²) in [6.45, 7) is 1.82. The number of ether oxygens (including phenoxy) is 1. The van der Waals surface area contributed by atoms with Gasteiger partial charge < -0.3 is 4.74 Å². The zero-order chi connectivity index (χ0) is 9.84. The Morgan fingerprint density at radius 3 is 2.77 bits per heavy atom. The highest BCUT2D eigenvalue weighted by molar-refractivity contribution is 5.93. The number of rotatable bonds is 2. The van der Waals surface area contributed by atoms with Gasteiger partial charge in [0.2, 0.25) is 0 Å². The second-order valence-corrected chi connectivity index (χ2v) is 2.62.